The van der Waals surface area contributed by atoms with Gasteiger partial charge in [-0.05, 0) is 33.1 Å². The molecular formula is C14H27N3O3. The third-order valence-corrected chi connectivity index (χ3v) is 4.16. The first-order valence-corrected chi connectivity index (χ1v) is 7.39. The van der Waals surface area contributed by atoms with Crippen LogP contribution in [0.25, 0.3) is 0 Å². The standard InChI is InChI=1S/C14H27N3O3/c1-11(2)17(9-6-10-18)13(19)14(12(15)16-20)7-4-3-5-8-14/h11,18,20H,3-10H2,1-2H3,(H2,15,16). The molecule has 1 amide bonds. The van der Waals surface area contributed by atoms with Crippen molar-refractivity contribution in [1.29, 1.82) is 0 Å². The lowest BCUT2D eigenvalue weighted by molar-refractivity contribution is -0.142. The number of oxime groups is 1. The van der Waals surface area contributed by atoms with Gasteiger partial charge in [-0.25, -0.2) is 0 Å². The molecule has 6 nitrogen and oxygen atoms in total. The van der Waals surface area contributed by atoms with Crippen molar-refractivity contribution >= 4 is 11.7 Å². The highest BCUT2D eigenvalue weighted by atomic mass is 16.4. The van der Waals surface area contributed by atoms with Crippen LogP contribution in [0.4, 0.5) is 0 Å². The van der Waals surface area contributed by atoms with E-state index in [4.69, 9.17) is 16.0 Å². The average Bonchev–Trinajstić information content (AvgIpc) is 2.46. The van der Waals surface area contributed by atoms with Crippen LogP contribution in [0.1, 0.15) is 52.4 Å². The van der Waals surface area contributed by atoms with E-state index in [0.717, 1.165) is 19.3 Å². The second-order valence-electron chi connectivity index (χ2n) is 5.80. The van der Waals surface area contributed by atoms with Crippen LogP contribution in [0.3, 0.4) is 0 Å². The third kappa shape index (κ3) is 3.42. The molecule has 0 unspecified atom stereocenters. The summed E-state index contributed by atoms with van der Waals surface area (Å²) in [5.74, 6) is -0.0483. The lowest BCUT2D eigenvalue weighted by Crippen LogP contribution is -2.54. The summed E-state index contributed by atoms with van der Waals surface area (Å²) in [4.78, 5) is 14.7. The summed E-state index contributed by atoms with van der Waals surface area (Å²) in [5, 5.41) is 21.2. The van der Waals surface area contributed by atoms with Gasteiger partial charge in [0, 0.05) is 19.2 Å². The van der Waals surface area contributed by atoms with Gasteiger partial charge in [0.1, 0.15) is 5.41 Å². The zero-order valence-electron chi connectivity index (χ0n) is 12.5. The summed E-state index contributed by atoms with van der Waals surface area (Å²) in [5.41, 5.74) is 4.98. The van der Waals surface area contributed by atoms with Gasteiger partial charge in [0.15, 0.2) is 5.84 Å². The Labute approximate surface area is 120 Å². The summed E-state index contributed by atoms with van der Waals surface area (Å²) in [7, 11) is 0. The predicted octanol–water partition coefficient (Wildman–Crippen LogP) is 1.30. The minimum absolute atomic E-state index is 0.0249. The molecule has 0 aromatic rings. The number of rotatable bonds is 6. The molecule has 20 heavy (non-hydrogen) atoms. The number of aliphatic hydroxyl groups is 1. The van der Waals surface area contributed by atoms with Crippen molar-refractivity contribution in [1.82, 2.24) is 4.90 Å². The van der Waals surface area contributed by atoms with E-state index >= 15 is 0 Å². The molecule has 1 rings (SSSR count). The predicted molar refractivity (Wildman–Crippen MR) is 77.5 cm³/mol. The van der Waals surface area contributed by atoms with E-state index in [1.807, 2.05) is 13.8 Å². The SMILES string of the molecule is CC(C)N(CCCO)C(=O)C1(C(N)=NO)CCCCC1. The van der Waals surface area contributed by atoms with Crippen LogP contribution < -0.4 is 5.73 Å². The fraction of sp³-hybridized carbons (Fsp3) is 0.857. The van der Waals surface area contributed by atoms with Gasteiger partial charge < -0.3 is 20.9 Å². The quantitative estimate of drug-likeness (QED) is 0.296. The van der Waals surface area contributed by atoms with E-state index in [1.165, 1.54) is 0 Å². The highest BCUT2D eigenvalue weighted by molar-refractivity contribution is 6.06. The molecule has 1 fully saturated rings. The summed E-state index contributed by atoms with van der Waals surface area (Å²) >= 11 is 0. The molecule has 1 aliphatic carbocycles. The van der Waals surface area contributed by atoms with E-state index in [1.54, 1.807) is 4.90 Å². The van der Waals surface area contributed by atoms with E-state index in [0.29, 0.717) is 25.8 Å². The molecule has 1 aliphatic rings. The largest absolute Gasteiger partial charge is 0.409 e. The van der Waals surface area contributed by atoms with Crippen LogP contribution in [0.5, 0.6) is 0 Å². The van der Waals surface area contributed by atoms with Gasteiger partial charge in [-0.3, -0.25) is 4.79 Å². The number of nitrogens with two attached hydrogens (primary N) is 1. The first-order valence-electron chi connectivity index (χ1n) is 7.39. The number of aliphatic hydroxyl groups excluding tert-OH is 1. The molecule has 0 aromatic heterocycles. The maximum atomic E-state index is 12.9. The van der Waals surface area contributed by atoms with Crippen LogP contribution >= 0.6 is 0 Å². The number of amidine groups is 1. The van der Waals surface area contributed by atoms with Gasteiger partial charge >= 0.3 is 0 Å². The van der Waals surface area contributed by atoms with Crippen LogP contribution in [0.2, 0.25) is 0 Å². The molecule has 0 saturated heterocycles. The van der Waals surface area contributed by atoms with Crippen molar-refractivity contribution in [2.75, 3.05) is 13.2 Å². The van der Waals surface area contributed by atoms with Gasteiger partial charge in [-0.2, -0.15) is 0 Å². The van der Waals surface area contributed by atoms with Crippen LogP contribution in [-0.4, -0.2) is 46.1 Å². The Morgan fingerprint density at radius 3 is 2.40 bits per heavy atom. The second-order valence-corrected chi connectivity index (χ2v) is 5.80. The molecule has 6 heteroatoms. The van der Waals surface area contributed by atoms with Crippen LogP contribution in [-0.2, 0) is 4.79 Å². The van der Waals surface area contributed by atoms with Crippen molar-refractivity contribution in [2.24, 2.45) is 16.3 Å². The average molecular weight is 285 g/mol. The topological polar surface area (TPSA) is 99.2 Å². The molecule has 0 radical (unpaired) electrons. The lowest BCUT2D eigenvalue weighted by Gasteiger charge is -2.40. The van der Waals surface area contributed by atoms with Crippen molar-refractivity contribution in [2.45, 2.75) is 58.4 Å². The van der Waals surface area contributed by atoms with Crippen molar-refractivity contribution in [3.05, 3.63) is 0 Å². The van der Waals surface area contributed by atoms with Crippen molar-refractivity contribution in [3.63, 3.8) is 0 Å². The first kappa shape index (κ1) is 16.8. The summed E-state index contributed by atoms with van der Waals surface area (Å²) in [6.07, 6.45) is 4.69. The Balaban J connectivity index is 3.01. The smallest absolute Gasteiger partial charge is 0.236 e. The zero-order valence-corrected chi connectivity index (χ0v) is 12.5. The number of amides is 1. The van der Waals surface area contributed by atoms with Gasteiger partial charge in [0.25, 0.3) is 0 Å². The Hall–Kier alpha value is -1.30. The normalized spacial score (nSPS) is 19.1. The molecule has 1 saturated carbocycles. The molecule has 0 heterocycles. The molecule has 0 bridgehead atoms. The van der Waals surface area contributed by atoms with Crippen LogP contribution in [0.15, 0.2) is 5.16 Å². The minimum atomic E-state index is -0.868. The van der Waals surface area contributed by atoms with Gasteiger partial charge in [-0.1, -0.05) is 24.4 Å². The van der Waals surface area contributed by atoms with Crippen molar-refractivity contribution in [3.8, 4) is 0 Å². The summed E-state index contributed by atoms with van der Waals surface area (Å²) < 4.78 is 0. The summed E-state index contributed by atoms with van der Waals surface area (Å²) in [6.45, 7) is 4.43. The van der Waals surface area contributed by atoms with Gasteiger partial charge in [0.2, 0.25) is 5.91 Å². The molecular weight excluding hydrogens is 258 g/mol. The van der Waals surface area contributed by atoms with Gasteiger partial charge in [0.05, 0.1) is 0 Å². The van der Waals surface area contributed by atoms with E-state index in [-0.39, 0.29) is 24.4 Å². The highest BCUT2D eigenvalue weighted by Crippen LogP contribution is 2.38. The highest BCUT2D eigenvalue weighted by Gasteiger charge is 2.46. The molecule has 0 aromatic carbocycles. The van der Waals surface area contributed by atoms with E-state index in [9.17, 15) is 4.79 Å². The molecule has 116 valence electrons. The summed E-state index contributed by atoms with van der Waals surface area (Å²) in [6, 6.07) is 0.0272. The lowest BCUT2D eigenvalue weighted by atomic mass is 9.72. The number of nitrogens with zero attached hydrogens (tertiary/aromatic N) is 2. The Bertz CT molecular complexity index is 350. The Morgan fingerprint density at radius 2 is 1.95 bits per heavy atom. The fourth-order valence-electron chi connectivity index (χ4n) is 2.94. The number of hydrogen-bond acceptors (Lipinski definition) is 4. The maximum absolute atomic E-state index is 12.9. The second kappa shape index (κ2) is 7.47. The van der Waals surface area contributed by atoms with E-state index in [2.05, 4.69) is 5.16 Å². The van der Waals surface area contributed by atoms with E-state index < -0.39 is 5.41 Å². The Kier molecular flexibility index (Phi) is 6.26. The number of carbonyl (C=O) groups excluding carboxylic acids is 1. The fourth-order valence-corrected chi connectivity index (χ4v) is 2.94. The van der Waals surface area contributed by atoms with Crippen LogP contribution in [0, 0.1) is 5.41 Å². The number of carbonyl (C=O) groups is 1. The maximum Gasteiger partial charge on any atom is 0.236 e. The molecule has 0 atom stereocenters. The molecule has 4 N–H and O–H groups in total. The first-order chi connectivity index (χ1) is 9.49. The Morgan fingerprint density at radius 1 is 1.35 bits per heavy atom. The minimum Gasteiger partial charge on any atom is -0.409 e. The van der Waals surface area contributed by atoms with Gasteiger partial charge in [-0.15, -0.1) is 0 Å². The third-order valence-electron chi connectivity index (χ3n) is 4.16. The monoisotopic (exact) mass is 285 g/mol. The molecule has 0 spiro atoms. The molecule has 0 aliphatic heterocycles. The van der Waals surface area contributed by atoms with Crippen molar-refractivity contribution < 1.29 is 15.1 Å². The number of hydrogen-bond donors (Lipinski definition) is 3. The zero-order chi connectivity index (χ0) is 15.2.